The fraction of sp³-hybridized carbons (Fsp3) is 0.391. The summed E-state index contributed by atoms with van der Waals surface area (Å²) in [5.74, 6) is 0.241. The second-order valence-corrected chi connectivity index (χ2v) is 9.37. The lowest BCUT2D eigenvalue weighted by atomic mass is 9.72. The molecule has 0 aromatic heterocycles. The molecule has 6 heteroatoms. The number of carbonyl (C=O) groups excluding carboxylic acids is 1. The summed E-state index contributed by atoms with van der Waals surface area (Å²) in [5, 5.41) is 14.0. The molecule has 0 unspecified atom stereocenters. The minimum Gasteiger partial charge on any atom is -0.507 e. The topological polar surface area (TPSA) is 70.9 Å². The molecular weight excluding hydrogens is 388 g/mol. The highest BCUT2D eigenvalue weighted by molar-refractivity contribution is 6.30. The van der Waals surface area contributed by atoms with Gasteiger partial charge in [-0.1, -0.05) is 58.4 Å². The van der Waals surface area contributed by atoms with Crippen LogP contribution in [-0.4, -0.2) is 23.8 Å². The van der Waals surface area contributed by atoms with E-state index in [1.165, 1.54) is 17.8 Å². The molecule has 0 saturated carbocycles. The van der Waals surface area contributed by atoms with E-state index < -0.39 is 5.91 Å². The Morgan fingerprint density at radius 2 is 1.79 bits per heavy atom. The summed E-state index contributed by atoms with van der Waals surface area (Å²) in [6.07, 6.45) is 2.38. The number of rotatable bonds is 7. The molecule has 0 spiro atoms. The van der Waals surface area contributed by atoms with Crippen molar-refractivity contribution < 1.29 is 14.6 Å². The predicted octanol–water partition coefficient (Wildman–Crippen LogP) is 5.29. The largest absolute Gasteiger partial charge is 0.507 e. The third-order valence-electron chi connectivity index (χ3n) is 4.36. The van der Waals surface area contributed by atoms with Crippen LogP contribution in [0.3, 0.4) is 0 Å². The lowest BCUT2D eigenvalue weighted by Gasteiger charge is -2.33. The molecule has 2 N–H and O–H groups in total. The summed E-state index contributed by atoms with van der Waals surface area (Å²) in [6, 6.07) is 12.4. The Morgan fingerprint density at radius 3 is 2.41 bits per heavy atom. The number of phenols is 1. The fourth-order valence-electron chi connectivity index (χ4n) is 3.41. The summed E-state index contributed by atoms with van der Waals surface area (Å²) in [7, 11) is 0. The number of benzene rings is 2. The van der Waals surface area contributed by atoms with Gasteiger partial charge in [-0.05, 0) is 53.1 Å². The number of nitrogens with one attached hydrogen (secondary N) is 1. The van der Waals surface area contributed by atoms with Crippen LogP contribution in [0, 0.1) is 5.41 Å². The number of halogens is 1. The fourth-order valence-corrected chi connectivity index (χ4v) is 3.59. The highest BCUT2D eigenvalue weighted by Crippen LogP contribution is 2.36. The van der Waals surface area contributed by atoms with Crippen molar-refractivity contribution in [3.63, 3.8) is 0 Å². The average Bonchev–Trinajstić information content (AvgIpc) is 2.61. The maximum atomic E-state index is 11.9. The SMILES string of the molecule is CC(C)(C)CC(C)(C)c1ccc(OCC(=O)N/N=C/c2cc(Cl)ccc2O)cc1. The van der Waals surface area contributed by atoms with Gasteiger partial charge in [0.15, 0.2) is 6.61 Å². The van der Waals surface area contributed by atoms with Gasteiger partial charge >= 0.3 is 0 Å². The number of amides is 1. The smallest absolute Gasteiger partial charge is 0.277 e. The van der Waals surface area contributed by atoms with Crippen LogP contribution in [0.15, 0.2) is 47.6 Å². The number of carbonyl (C=O) groups is 1. The normalized spacial score (nSPS) is 12.2. The molecule has 0 fully saturated rings. The van der Waals surface area contributed by atoms with Crippen LogP contribution >= 0.6 is 11.6 Å². The van der Waals surface area contributed by atoms with E-state index in [1.54, 1.807) is 12.1 Å². The Morgan fingerprint density at radius 1 is 1.14 bits per heavy atom. The lowest BCUT2D eigenvalue weighted by molar-refractivity contribution is -0.123. The van der Waals surface area contributed by atoms with Crippen molar-refractivity contribution in [3.05, 3.63) is 58.6 Å². The number of nitrogens with zero attached hydrogens (tertiary/aromatic N) is 1. The zero-order chi connectivity index (χ0) is 21.7. The molecule has 2 aromatic rings. The number of ether oxygens (including phenoxy) is 1. The van der Waals surface area contributed by atoms with E-state index in [1.807, 2.05) is 24.3 Å². The van der Waals surface area contributed by atoms with Crippen molar-refractivity contribution in [1.29, 1.82) is 0 Å². The molecule has 0 radical (unpaired) electrons. The quantitative estimate of drug-likeness (QED) is 0.476. The molecule has 0 aliphatic rings. The van der Waals surface area contributed by atoms with E-state index in [4.69, 9.17) is 16.3 Å². The molecular formula is C23H29ClN2O3. The van der Waals surface area contributed by atoms with Gasteiger partial charge in [0.05, 0.1) is 6.21 Å². The molecule has 1 amide bonds. The first-order valence-corrected chi connectivity index (χ1v) is 9.88. The van der Waals surface area contributed by atoms with Gasteiger partial charge in [0.2, 0.25) is 0 Å². The van der Waals surface area contributed by atoms with E-state index in [2.05, 4.69) is 45.1 Å². The number of hydrazone groups is 1. The first-order chi connectivity index (χ1) is 13.5. The molecule has 0 aliphatic carbocycles. The van der Waals surface area contributed by atoms with Crippen LogP contribution in [-0.2, 0) is 10.2 Å². The van der Waals surface area contributed by atoms with Crippen molar-refractivity contribution in [2.75, 3.05) is 6.61 Å². The van der Waals surface area contributed by atoms with E-state index in [0.29, 0.717) is 16.3 Å². The van der Waals surface area contributed by atoms with Crippen LogP contribution in [0.4, 0.5) is 0 Å². The van der Waals surface area contributed by atoms with E-state index in [9.17, 15) is 9.90 Å². The van der Waals surface area contributed by atoms with Crippen LogP contribution < -0.4 is 10.2 Å². The van der Waals surface area contributed by atoms with Gasteiger partial charge in [-0.15, -0.1) is 0 Å². The van der Waals surface area contributed by atoms with Gasteiger partial charge in [-0.25, -0.2) is 5.43 Å². The van der Waals surface area contributed by atoms with Gasteiger partial charge in [0, 0.05) is 10.6 Å². The second-order valence-electron chi connectivity index (χ2n) is 8.93. The number of aromatic hydroxyl groups is 1. The molecule has 5 nitrogen and oxygen atoms in total. The van der Waals surface area contributed by atoms with Crippen LogP contribution in [0.25, 0.3) is 0 Å². The Bertz CT molecular complexity index is 869. The van der Waals surface area contributed by atoms with Gasteiger partial charge < -0.3 is 9.84 Å². The monoisotopic (exact) mass is 416 g/mol. The number of hydrogen-bond acceptors (Lipinski definition) is 4. The highest BCUT2D eigenvalue weighted by atomic mass is 35.5. The van der Waals surface area contributed by atoms with Crippen LogP contribution in [0.2, 0.25) is 5.02 Å². The number of phenolic OH excluding ortho intramolecular Hbond substituents is 1. The Balaban J connectivity index is 1.87. The first-order valence-electron chi connectivity index (χ1n) is 9.50. The predicted molar refractivity (Wildman–Crippen MR) is 118 cm³/mol. The molecule has 0 bridgehead atoms. The molecule has 0 aliphatic heterocycles. The minimum absolute atomic E-state index is 0.0260. The Kier molecular flexibility index (Phi) is 7.31. The van der Waals surface area contributed by atoms with Crippen LogP contribution in [0.1, 0.15) is 52.2 Å². The van der Waals surface area contributed by atoms with E-state index >= 15 is 0 Å². The minimum atomic E-state index is -0.403. The summed E-state index contributed by atoms with van der Waals surface area (Å²) in [6.45, 7) is 11.0. The maximum absolute atomic E-state index is 11.9. The van der Waals surface area contributed by atoms with Gasteiger partial charge in [-0.2, -0.15) is 5.10 Å². The average molecular weight is 417 g/mol. The molecule has 0 atom stereocenters. The molecule has 2 aromatic carbocycles. The third-order valence-corrected chi connectivity index (χ3v) is 4.60. The van der Waals surface area contributed by atoms with E-state index in [-0.39, 0.29) is 23.2 Å². The van der Waals surface area contributed by atoms with E-state index in [0.717, 1.165) is 6.42 Å². The van der Waals surface area contributed by atoms with Crippen molar-refractivity contribution in [1.82, 2.24) is 5.43 Å². The zero-order valence-electron chi connectivity index (χ0n) is 17.6. The standard InChI is InChI=1S/C23H29ClN2O3/c1-22(2,3)15-23(4,5)17-6-9-19(10-7-17)29-14-21(28)26-25-13-16-12-18(24)8-11-20(16)27/h6-13,27H,14-15H2,1-5H3,(H,26,28)/b25-13+. The van der Waals surface area contributed by atoms with Crippen molar-refractivity contribution >= 4 is 23.7 Å². The summed E-state index contributed by atoms with van der Waals surface area (Å²) >= 11 is 5.87. The van der Waals surface area contributed by atoms with Crippen molar-refractivity contribution in [2.24, 2.45) is 10.5 Å². The second kappa shape index (κ2) is 9.31. The Hall–Kier alpha value is -2.53. The van der Waals surface area contributed by atoms with Gasteiger partial charge in [-0.3, -0.25) is 4.79 Å². The van der Waals surface area contributed by atoms with Gasteiger partial charge in [0.25, 0.3) is 5.91 Å². The highest BCUT2D eigenvalue weighted by Gasteiger charge is 2.27. The molecule has 2 rings (SSSR count). The van der Waals surface area contributed by atoms with Crippen LogP contribution in [0.5, 0.6) is 11.5 Å². The van der Waals surface area contributed by atoms with Crippen molar-refractivity contribution in [3.8, 4) is 11.5 Å². The molecule has 0 heterocycles. The maximum Gasteiger partial charge on any atom is 0.277 e. The number of hydrogen-bond donors (Lipinski definition) is 2. The zero-order valence-corrected chi connectivity index (χ0v) is 18.4. The summed E-state index contributed by atoms with van der Waals surface area (Å²) in [5.41, 5.74) is 4.29. The molecule has 29 heavy (non-hydrogen) atoms. The first kappa shape index (κ1) is 22.8. The van der Waals surface area contributed by atoms with Crippen molar-refractivity contribution in [2.45, 2.75) is 46.5 Å². The van der Waals surface area contributed by atoms with Gasteiger partial charge in [0.1, 0.15) is 11.5 Å². The molecule has 156 valence electrons. The summed E-state index contributed by atoms with van der Waals surface area (Å²) < 4.78 is 5.53. The molecule has 0 saturated heterocycles. The summed E-state index contributed by atoms with van der Waals surface area (Å²) in [4.78, 5) is 11.9. The third kappa shape index (κ3) is 7.42. The lowest BCUT2D eigenvalue weighted by Crippen LogP contribution is -2.25. The Labute approximate surface area is 177 Å².